The van der Waals surface area contributed by atoms with Crippen LogP contribution in [0.1, 0.15) is 28.8 Å². The van der Waals surface area contributed by atoms with Crippen LogP contribution in [0.2, 0.25) is 5.02 Å². The van der Waals surface area contributed by atoms with E-state index in [2.05, 4.69) is 25.7 Å². The van der Waals surface area contributed by atoms with E-state index in [0.29, 0.717) is 59.0 Å². The molecule has 4 heterocycles. The average molecular weight is 373 g/mol. The number of fused-ring (bicyclic) bond motifs is 3. The van der Waals surface area contributed by atoms with Gasteiger partial charge in [-0.15, -0.1) is 0 Å². The zero-order valence-electron chi connectivity index (χ0n) is 14.3. The molecular weight excluding hydrogens is 356 g/mol. The van der Waals surface area contributed by atoms with Gasteiger partial charge in [0.2, 0.25) is 5.88 Å². The molecule has 0 aliphatic carbocycles. The van der Waals surface area contributed by atoms with Crippen molar-refractivity contribution in [1.82, 2.24) is 19.6 Å². The van der Waals surface area contributed by atoms with Crippen molar-refractivity contribution in [3.05, 3.63) is 34.5 Å². The van der Waals surface area contributed by atoms with E-state index in [4.69, 9.17) is 16.3 Å². The van der Waals surface area contributed by atoms with E-state index in [1.807, 2.05) is 6.92 Å². The predicted octanol–water partition coefficient (Wildman–Crippen LogP) is 3.23. The predicted molar refractivity (Wildman–Crippen MR) is 98.9 cm³/mol. The van der Waals surface area contributed by atoms with Crippen LogP contribution in [-0.2, 0) is 0 Å². The van der Waals surface area contributed by atoms with Gasteiger partial charge in [0.25, 0.3) is 0 Å². The van der Waals surface area contributed by atoms with Gasteiger partial charge in [0.1, 0.15) is 11.6 Å². The topological polar surface area (TPSA) is 93.4 Å². The molecule has 4 rings (SSSR count). The van der Waals surface area contributed by atoms with Crippen molar-refractivity contribution in [2.45, 2.75) is 19.8 Å². The monoisotopic (exact) mass is 372 g/mol. The van der Waals surface area contributed by atoms with Crippen LogP contribution in [0.15, 0.2) is 18.3 Å². The van der Waals surface area contributed by atoms with Gasteiger partial charge in [-0.3, -0.25) is 4.79 Å². The number of aryl methyl sites for hydroxylation is 1. The van der Waals surface area contributed by atoms with Crippen LogP contribution >= 0.6 is 11.6 Å². The number of aromatic nitrogens is 4. The minimum atomic E-state index is -0.0241. The van der Waals surface area contributed by atoms with E-state index in [1.165, 1.54) is 0 Å². The minimum absolute atomic E-state index is 0.0241. The summed E-state index contributed by atoms with van der Waals surface area (Å²) in [5, 5.41) is 10.9. The smallest absolute Gasteiger partial charge is 0.218 e. The summed E-state index contributed by atoms with van der Waals surface area (Å²) in [6, 6.07) is 3.56. The Balaban J connectivity index is 1.91. The Bertz CT molecular complexity index is 1020. The molecule has 1 aliphatic heterocycles. The van der Waals surface area contributed by atoms with E-state index >= 15 is 0 Å². The van der Waals surface area contributed by atoms with Gasteiger partial charge in [-0.05, 0) is 19.4 Å². The SMILES string of the molecule is CNc1cc2nc3c(cnn13)C(=O)CCCOc1nc(c(Cl)cc1C)N2. The number of ether oxygens (including phenoxy) is 1. The zero-order valence-corrected chi connectivity index (χ0v) is 15.1. The number of Topliss-reactive ketones (excluding diaryl/α,β-unsaturated/α-hetero) is 1. The molecule has 2 N–H and O–H groups in total. The molecule has 1 aliphatic rings. The second-order valence-corrected chi connectivity index (χ2v) is 6.42. The number of nitrogens with zero attached hydrogens (tertiary/aromatic N) is 4. The van der Waals surface area contributed by atoms with Crippen molar-refractivity contribution in [2.75, 3.05) is 24.3 Å². The molecule has 0 atom stereocenters. The van der Waals surface area contributed by atoms with Crippen LogP contribution in [0.3, 0.4) is 0 Å². The molecule has 3 aromatic rings. The molecule has 0 amide bonds. The summed E-state index contributed by atoms with van der Waals surface area (Å²) >= 11 is 6.33. The summed E-state index contributed by atoms with van der Waals surface area (Å²) in [5.41, 5.74) is 1.79. The molecule has 8 nitrogen and oxygen atoms in total. The largest absolute Gasteiger partial charge is 0.477 e. The Morgan fingerprint density at radius 1 is 1.35 bits per heavy atom. The van der Waals surface area contributed by atoms with E-state index in [0.717, 1.165) is 5.56 Å². The first kappa shape index (κ1) is 16.6. The van der Waals surface area contributed by atoms with Crippen LogP contribution in [0.25, 0.3) is 5.65 Å². The van der Waals surface area contributed by atoms with Gasteiger partial charge < -0.3 is 15.4 Å². The van der Waals surface area contributed by atoms with Crippen LogP contribution in [0.4, 0.5) is 17.5 Å². The average Bonchev–Trinajstić information content (AvgIpc) is 3.04. The Morgan fingerprint density at radius 3 is 3.00 bits per heavy atom. The van der Waals surface area contributed by atoms with E-state index in [1.54, 1.807) is 29.9 Å². The zero-order chi connectivity index (χ0) is 18.3. The van der Waals surface area contributed by atoms with Crippen molar-refractivity contribution in [3.8, 4) is 5.88 Å². The third-order valence-electron chi connectivity index (χ3n) is 4.18. The number of pyridine rings is 1. The van der Waals surface area contributed by atoms with Gasteiger partial charge in [0.15, 0.2) is 17.2 Å². The lowest BCUT2D eigenvalue weighted by molar-refractivity contribution is 0.0974. The lowest BCUT2D eigenvalue weighted by Gasteiger charge is -2.13. The lowest BCUT2D eigenvalue weighted by Crippen LogP contribution is -2.06. The Labute approximate surface area is 154 Å². The van der Waals surface area contributed by atoms with Gasteiger partial charge >= 0.3 is 0 Å². The maximum absolute atomic E-state index is 12.6. The van der Waals surface area contributed by atoms with Crippen LogP contribution < -0.4 is 15.4 Å². The van der Waals surface area contributed by atoms with Gasteiger partial charge in [-0.2, -0.15) is 14.6 Å². The van der Waals surface area contributed by atoms with Crippen molar-refractivity contribution in [1.29, 1.82) is 0 Å². The molecule has 26 heavy (non-hydrogen) atoms. The van der Waals surface area contributed by atoms with E-state index in [-0.39, 0.29) is 5.78 Å². The summed E-state index contributed by atoms with van der Waals surface area (Å²) in [6.07, 6.45) is 2.46. The second kappa shape index (κ2) is 6.45. The third-order valence-corrected chi connectivity index (χ3v) is 4.47. The summed E-state index contributed by atoms with van der Waals surface area (Å²) in [4.78, 5) is 21.6. The number of ketones is 1. The summed E-state index contributed by atoms with van der Waals surface area (Å²) in [6.45, 7) is 2.26. The molecule has 0 unspecified atom stereocenters. The number of halogens is 1. The maximum atomic E-state index is 12.6. The van der Waals surface area contributed by atoms with Crippen LogP contribution in [-0.4, -0.2) is 39.0 Å². The fourth-order valence-corrected chi connectivity index (χ4v) is 3.11. The molecule has 3 aromatic heterocycles. The fraction of sp³-hybridized carbons (Fsp3) is 0.294. The summed E-state index contributed by atoms with van der Waals surface area (Å²) in [7, 11) is 1.78. The lowest BCUT2D eigenvalue weighted by atomic mass is 10.1. The molecule has 0 aromatic carbocycles. The highest BCUT2D eigenvalue weighted by Gasteiger charge is 2.19. The molecule has 0 fully saturated rings. The van der Waals surface area contributed by atoms with Crippen LogP contribution in [0.5, 0.6) is 5.88 Å². The third kappa shape index (κ3) is 2.82. The highest BCUT2D eigenvalue weighted by atomic mass is 35.5. The number of rotatable bonds is 1. The first-order chi connectivity index (χ1) is 12.6. The number of anilines is 3. The van der Waals surface area contributed by atoms with Gasteiger partial charge in [0.05, 0.1) is 23.4 Å². The first-order valence-corrected chi connectivity index (χ1v) is 8.61. The standard InChI is InChI=1S/C17H17ClN6O2/c1-9-6-11(18)15-21-13-7-14(19-2)24-16(22-13)10(8-20-24)12(25)4-3-5-26-17(9)23-15/h6-8,19H,3-5H2,1-2H3,(H,21,22,23). The molecule has 0 radical (unpaired) electrons. The molecule has 0 saturated heterocycles. The normalized spacial score (nSPS) is 14.2. The highest BCUT2D eigenvalue weighted by molar-refractivity contribution is 6.33. The number of carbonyl (C=O) groups excluding carboxylic acids is 1. The summed E-state index contributed by atoms with van der Waals surface area (Å²) in [5.74, 6) is 2.09. The molecule has 134 valence electrons. The van der Waals surface area contributed by atoms with Crippen LogP contribution in [0, 0.1) is 6.92 Å². The number of nitrogens with one attached hydrogen (secondary N) is 2. The Hall–Kier alpha value is -2.87. The molecular formula is C17H17ClN6O2. The van der Waals surface area contributed by atoms with Gasteiger partial charge in [-0.1, -0.05) is 11.6 Å². The summed E-state index contributed by atoms with van der Waals surface area (Å²) < 4.78 is 7.34. The number of hydrogen-bond acceptors (Lipinski definition) is 7. The van der Waals surface area contributed by atoms with Crippen molar-refractivity contribution >= 4 is 40.5 Å². The van der Waals surface area contributed by atoms with Crippen molar-refractivity contribution in [3.63, 3.8) is 0 Å². The fourth-order valence-electron chi connectivity index (χ4n) is 2.86. The second-order valence-electron chi connectivity index (χ2n) is 6.01. The van der Waals surface area contributed by atoms with E-state index in [9.17, 15) is 4.79 Å². The number of carbonyl (C=O) groups is 1. The molecule has 4 bridgehead atoms. The number of hydrogen-bond donors (Lipinski definition) is 2. The molecule has 0 spiro atoms. The quantitative estimate of drug-likeness (QED) is 0.677. The van der Waals surface area contributed by atoms with Crippen molar-refractivity contribution in [2.24, 2.45) is 0 Å². The Morgan fingerprint density at radius 2 is 2.19 bits per heavy atom. The van der Waals surface area contributed by atoms with Gasteiger partial charge in [0, 0.05) is 25.1 Å². The molecule has 0 saturated carbocycles. The maximum Gasteiger partial charge on any atom is 0.218 e. The van der Waals surface area contributed by atoms with Gasteiger partial charge in [-0.25, -0.2) is 4.98 Å². The van der Waals surface area contributed by atoms with E-state index < -0.39 is 0 Å². The minimum Gasteiger partial charge on any atom is -0.477 e. The first-order valence-electron chi connectivity index (χ1n) is 8.23. The Kier molecular flexibility index (Phi) is 4.12. The highest BCUT2D eigenvalue weighted by Crippen LogP contribution is 2.30. The van der Waals surface area contributed by atoms with Crippen molar-refractivity contribution < 1.29 is 9.53 Å². The molecule has 9 heteroatoms.